The lowest BCUT2D eigenvalue weighted by Crippen LogP contribution is -2.27. The summed E-state index contributed by atoms with van der Waals surface area (Å²) in [7, 11) is 1.57. The van der Waals surface area contributed by atoms with Gasteiger partial charge in [0.2, 0.25) is 11.7 Å². The summed E-state index contributed by atoms with van der Waals surface area (Å²) in [5.74, 6) is 5.94. The molecule has 2 aromatic carbocycles. The Labute approximate surface area is 184 Å². The van der Waals surface area contributed by atoms with Crippen LogP contribution in [0.2, 0.25) is 5.02 Å². The number of hydrogen-bond donors (Lipinski definition) is 1. The zero-order chi connectivity index (χ0) is 21.8. The largest absolute Gasteiger partial charge is 0.481 e. The molecule has 2 heterocycles. The second-order valence-corrected chi connectivity index (χ2v) is 7.27. The van der Waals surface area contributed by atoms with Crippen molar-refractivity contribution in [3.63, 3.8) is 0 Å². The Bertz CT molecular complexity index is 1270. The van der Waals surface area contributed by atoms with Gasteiger partial charge in [0.1, 0.15) is 0 Å². The summed E-state index contributed by atoms with van der Waals surface area (Å²) in [4.78, 5) is 29.5. The Kier molecular flexibility index (Phi) is 5.83. The number of carbonyl (C=O) groups is 2. The number of anilines is 1. The quantitative estimate of drug-likeness (QED) is 0.377. The van der Waals surface area contributed by atoms with Crippen LogP contribution in [0.4, 0.5) is 5.69 Å². The molecular weight excluding hydrogens is 412 g/mol. The molecule has 0 aliphatic carbocycles. The zero-order valence-electron chi connectivity index (χ0n) is 16.6. The Morgan fingerprint density at radius 2 is 1.90 bits per heavy atom. The Morgan fingerprint density at radius 1 is 1.10 bits per heavy atom. The fraction of sp³-hybridized carbons (Fsp3) is 0.0800. The van der Waals surface area contributed by atoms with E-state index in [1.54, 1.807) is 61.8 Å². The van der Waals surface area contributed by atoms with E-state index in [0.29, 0.717) is 34.1 Å². The molecule has 152 valence electrons. The molecule has 6 heteroatoms. The molecule has 31 heavy (non-hydrogen) atoms. The Balaban J connectivity index is 1.58. The molecule has 1 N–H and O–H groups in total. The number of amides is 1. The van der Waals surface area contributed by atoms with Gasteiger partial charge in [-0.1, -0.05) is 35.6 Å². The molecule has 0 fully saturated rings. The Hall–Kier alpha value is -3.88. The number of nitrogens with one attached hydrogen (secondary N) is 1. The van der Waals surface area contributed by atoms with Crippen LogP contribution in [-0.4, -0.2) is 23.8 Å². The SMILES string of the molecule is COc1cc(CC#Cc2ccc3c(c2)C(=O)/C(=C\c2ccc(Cl)cc2)C(=O)N3)ccn1. The minimum Gasteiger partial charge on any atom is -0.481 e. The van der Waals surface area contributed by atoms with Gasteiger partial charge in [-0.3, -0.25) is 9.59 Å². The van der Waals surface area contributed by atoms with Crippen LogP contribution < -0.4 is 10.1 Å². The van der Waals surface area contributed by atoms with Crippen LogP contribution in [-0.2, 0) is 11.2 Å². The van der Waals surface area contributed by atoms with Crippen molar-refractivity contribution in [3.05, 3.63) is 93.6 Å². The van der Waals surface area contributed by atoms with Gasteiger partial charge in [0.15, 0.2) is 0 Å². The molecule has 5 nitrogen and oxygen atoms in total. The molecule has 0 unspecified atom stereocenters. The van der Waals surface area contributed by atoms with Crippen molar-refractivity contribution in [1.29, 1.82) is 0 Å². The van der Waals surface area contributed by atoms with Gasteiger partial charge in [0.25, 0.3) is 5.91 Å². The molecule has 0 spiro atoms. The Morgan fingerprint density at radius 3 is 2.68 bits per heavy atom. The monoisotopic (exact) mass is 428 g/mol. The number of ether oxygens (including phenoxy) is 1. The van der Waals surface area contributed by atoms with Gasteiger partial charge in [-0.15, -0.1) is 0 Å². The second kappa shape index (κ2) is 8.86. The number of rotatable bonds is 3. The van der Waals surface area contributed by atoms with Crippen LogP contribution >= 0.6 is 11.6 Å². The molecule has 3 aromatic rings. The van der Waals surface area contributed by atoms with Crippen LogP contribution in [0.15, 0.2) is 66.4 Å². The van der Waals surface area contributed by atoms with E-state index >= 15 is 0 Å². The molecule has 0 atom stereocenters. The van der Waals surface area contributed by atoms with E-state index in [4.69, 9.17) is 16.3 Å². The predicted molar refractivity (Wildman–Crippen MR) is 120 cm³/mol. The minimum atomic E-state index is -0.432. The maximum absolute atomic E-state index is 13.0. The van der Waals surface area contributed by atoms with Crippen molar-refractivity contribution in [2.24, 2.45) is 0 Å². The maximum Gasteiger partial charge on any atom is 0.259 e. The third-order valence-electron chi connectivity index (χ3n) is 4.72. The van der Waals surface area contributed by atoms with Crippen molar-refractivity contribution in [1.82, 2.24) is 4.98 Å². The third kappa shape index (κ3) is 4.66. The van der Waals surface area contributed by atoms with E-state index in [0.717, 1.165) is 11.1 Å². The summed E-state index contributed by atoms with van der Waals surface area (Å²) in [5.41, 5.74) is 3.35. The molecule has 0 saturated heterocycles. The summed E-state index contributed by atoms with van der Waals surface area (Å²) in [6.07, 6.45) is 3.75. The first kappa shape index (κ1) is 20.4. The van der Waals surface area contributed by atoms with Crippen LogP contribution in [0.1, 0.15) is 27.0 Å². The van der Waals surface area contributed by atoms with E-state index in [1.807, 2.05) is 12.1 Å². The second-order valence-electron chi connectivity index (χ2n) is 6.84. The summed E-state index contributed by atoms with van der Waals surface area (Å²) < 4.78 is 5.12. The van der Waals surface area contributed by atoms with E-state index in [2.05, 4.69) is 22.1 Å². The smallest absolute Gasteiger partial charge is 0.259 e. The highest BCUT2D eigenvalue weighted by atomic mass is 35.5. The molecule has 0 bridgehead atoms. The van der Waals surface area contributed by atoms with E-state index < -0.39 is 5.91 Å². The molecule has 1 aromatic heterocycles. The average Bonchev–Trinajstić information content (AvgIpc) is 2.78. The van der Waals surface area contributed by atoms with Gasteiger partial charge in [-0.2, -0.15) is 0 Å². The number of nitrogens with zero attached hydrogens (tertiary/aromatic N) is 1. The standard InChI is InChI=1S/C25H17ClN2O3/c1-31-23-15-17(11-12-27-23)4-2-3-16-7-10-22-20(13-16)24(29)21(25(30)28-22)14-18-5-8-19(26)9-6-18/h5-15H,4H2,1H3,(H,28,30)/b21-14+. The van der Waals surface area contributed by atoms with Crippen molar-refractivity contribution >= 4 is 35.1 Å². The van der Waals surface area contributed by atoms with Gasteiger partial charge < -0.3 is 10.1 Å². The number of benzene rings is 2. The number of ketones is 1. The number of methoxy groups -OCH3 is 1. The van der Waals surface area contributed by atoms with Gasteiger partial charge in [-0.05, 0) is 53.6 Å². The summed E-state index contributed by atoms with van der Waals surface area (Å²) in [6.45, 7) is 0. The topological polar surface area (TPSA) is 68.3 Å². The average molecular weight is 429 g/mol. The third-order valence-corrected chi connectivity index (χ3v) is 4.97. The lowest BCUT2D eigenvalue weighted by Gasteiger charge is -2.18. The fourth-order valence-electron chi connectivity index (χ4n) is 3.13. The highest BCUT2D eigenvalue weighted by Gasteiger charge is 2.28. The van der Waals surface area contributed by atoms with Crippen LogP contribution in [0.5, 0.6) is 5.88 Å². The molecule has 0 radical (unpaired) electrons. The highest BCUT2D eigenvalue weighted by molar-refractivity contribution is 6.36. The van der Waals surface area contributed by atoms with Crippen molar-refractivity contribution in [3.8, 4) is 17.7 Å². The number of carbonyl (C=O) groups excluding carboxylic acids is 2. The minimum absolute atomic E-state index is 0.0730. The van der Waals surface area contributed by atoms with E-state index in [1.165, 1.54) is 0 Å². The van der Waals surface area contributed by atoms with Crippen molar-refractivity contribution in [2.45, 2.75) is 6.42 Å². The van der Waals surface area contributed by atoms with Gasteiger partial charge in [0, 0.05) is 34.8 Å². The number of fused-ring (bicyclic) bond motifs is 1. The van der Waals surface area contributed by atoms with E-state index in [9.17, 15) is 9.59 Å². The number of Topliss-reactive ketones (excluding diaryl/α,β-unsaturated/α-hetero) is 1. The summed E-state index contributed by atoms with van der Waals surface area (Å²) >= 11 is 5.90. The lowest BCUT2D eigenvalue weighted by molar-refractivity contribution is -0.112. The number of pyridine rings is 1. The van der Waals surface area contributed by atoms with Crippen molar-refractivity contribution in [2.75, 3.05) is 12.4 Å². The van der Waals surface area contributed by atoms with Crippen LogP contribution in [0.25, 0.3) is 6.08 Å². The summed E-state index contributed by atoms with van der Waals surface area (Å²) in [6, 6.07) is 15.8. The molecule has 1 aliphatic heterocycles. The van der Waals surface area contributed by atoms with E-state index in [-0.39, 0.29) is 11.4 Å². The number of hydrogen-bond acceptors (Lipinski definition) is 4. The maximum atomic E-state index is 13.0. The first-order valence-electron chi connectivity index (χ1n) is 9.48. The molecular formula is C25H17ClN2O3. The number of halogens is 1. The van der Waals surface area contributed by atoms with Crippen molar-refractivity contribution < 1.29 is 14.3 Å². The molecule has 4 rings (SSSR count). The zero-order valence-corrected chi connectivity index (χ0v) is 17.4. The lowest BCUT2D eigenvalue weighted by atomic mass is 9.94. The van der Waals surface area contributed by atoms with Crippen LogP contribution in [0, 0.1) is 11.8 Å². The first-order valence-corrected chi connectivity index (χ1v) is 9.86. The fourth-order valence-corrected chi connectivity index (χ4v) is 3.26. The molecule has 1 amide bonds. The summed E-state index contributed by atoms with van der Waals surface area (Å²) in [5, 5.41) is 3.35. The van der Waals surface area contributed by atoms with Gasteiger partial charge in [0.05, 0.1) is 18.4 Å². The predicted octanol–water partition coefficient (Wildman–Crippen LogP) is 4.56. The highest BCUT2D eigenvalue weighted by Crippen LogP contribution is 2.27. The molecule has 1 aliphatic rings. The first-order chi connectivity index (χ1) is 15.0. The number of aromatic nitrogens is 1. The molecule has 0 saturated carbocycles. The van der Waals surface area contributed by atoms with Gasteiger partial charge >= 0.3 is 0 Å². The van der Waals surface area contributed by atoms with Crippen LogP contribution in [0.3, 0.4) is 0 Å². The van der Waals surface area contributed by atoms with Gasteiger partial charge in [-0.25, -0.2) is 4.98 Å². The normalized spacial score (nSPS) is 13.8.